The smallest absolute Gasteiger partial charge is 0.335 e. The number of furan rings is 1. The molecule has 0 spiro atoms. The van der Waals surface area contributed by atoms with Crippen LogP contribution >= 0.6 is 11.3 Å². The Morgan fingerprint density at radius 1 is 1.23 bits per heavy atom. The van der Waals surface area contributed by atoms with E-state index in [0.717, 1.165) is 15.3 Å². The largest absolute Gasteiger partial charge is 0.478 e. The van der Waals surface area contributed by atoms with Crippen molar-refractivity contribution in [2.24, 2.45) is 0 Å². The number of aromatic carboxylic acids is 1. The van der Waals surface area contributed by atoms with Crippen LogP contribution in [0.15, 0.2) is 65.3 Å². The first-order valence-electron chi connectivity index (χ1n) is 9.06. The highest BCUT2D eigenvalue weighted by atomic mass is 32.1. The number of ether oxygens (including phenoxy) is 1. The Kier molecular flexibility index (Phi) is 5.33. The molecular weight excluding hydrogens is 400 g/mol. The summed E-state index contributed by atoms with van der Waals surface area (Å²) in [6.07, 6.45) is 1.55. The van der Waals surface area contributed by atoms with Crippen molar-refractivity contribution in [3.05, 3.63) is 82.4 Å². The highest BCUT2D eigenvalue weighted by molar-refractivity contribution is 7.15. The van der Waals surface area contributed by atoms with Crippen molar-refractivity contribution < 1.29 is 19.1 Å². The first-order valence-corrected chi connectivity index (χ1v) is 9.87. The molecule has 0 aliphatic rings. The number of nitrogens with zero attached hydrogens (tertiary/aromatic N) is 2. The summed E-state index contributed by atoms with van der Waals surface area (Å²) in [6.45, 7) is 2.16. The Morgan fingerprint density at radius 2 is 2.03 bits per heavy atom. The molecule has 0 unspecified atom stereocenters. The molecule has 4 aromatic rings. The third-order valence-electron chi connectivity index (χ3n) is 4.45. The van der Waals surface area contributed by atoms with Crippen LogP contribution in [0.1, 0.15) is 26.4 Å². The van der Waals surface area contributed by atoms with E-state index in [0.29, 0.717) is 17.0 Å². The fourth-order valence-corrected chi connectivity index (χ4v) is 3.78. The van der Waals surface area contributed by atoms with Gasteiger partial charge in [-0.15, -0.1) is 11.3 Å². The fraction of sp³-hybridized carbons (Fsp3) is 0.0870. The lowest BCUT2D eigenvalue weighted by molar-refractivity contribution is 0.0697. The third-order valence-corrected chi connectivity index (χ3v) is 5.48. The molecule has 0 atom stereocenters. The number of aromatic nitrogens is 1. The number of carbonyl (C=O) groups is 1. The van der Waals surface area contributed by atoms with Gasteiger partial charge in [-0.2, -0.15) is 5.26 Å². The molecule has 0 saturated heterocycles. The number of carboxylic acids is 1. The average Bonchev–Trinajstić information content (AvgIpc) is 3.44. The molecule has 1 aromatic carbocycles. The lowest BCUT2D eigenvalue weighted by Crippen LogP contribution is -2.03. The number of hydrogen-bond donors (Lipinski definition) is 1. The SMILES string of the molecule is Cc1ccc(-c2cc(-c3ccco3)c(C#N)c(OCc3ccc(C(=O)O)cc3)n2)s1. The zero-order valence-corrected chi connectivity index (χ0v) is 16.8. The third kappa shape index (κ3) is 3.95. The van der Waals surface area contributed by atoms with Crippen LogP contribution in [0.25, 0.3) is 21.9 Å². The standard InChI is InChI=1S/C23H16N2O4S/c1-14-4-9-21(30-14)19-11-17(20-3-2-10-28-20)18(12-24)22(25-19)29-13-15-5-7-16(8-6-15)23(26)27/h2-11H,13H2,1H3,(H,26,27). The first kappa shape index (κ1) is 19.4. The van der Waals surface area contributed by atoms with E-state index >= 15 is 0 Å². The quantitative estimate of drug-likeness (QED) is 0.444. The highest BCUT2D eigenvalue weighted by Crippen LogP contribution is 2.36. The summed E-state index contributed by atoms with van der Waals surface area (Å²) in [5.74, 6) is -0.230. The van der Waals surface area contributed by atoms with Gasteiger partial charge in [0.2, 0.25) is 5.88 Å². The number of hydrogen-bond acceptors (Lipinski definition) is 6. The molecule has 0 aliphatic carbocycles. The van der Waals surface area contributed by atoms with Gasteiger partial charge in [0.05, 0.1) is 22.4 Å². The van der Waals surface area contributed by atoms with E-state index in [-0.39, 0.29) is 23.6 Å². The van der Waals surface area contributed by atoms with Crippen LogP contribution in [0.3, 0.4) is 0 Å². The van der Waals surface area contributed by atoms with E-state index in [2.05, 4.69) is 11.1 Å². The Labute approximate surface area is 176 Å². The van der Waals surface area contributed by atoms with Crippen LogP contribution in [-0.4, -0.2) is 16.1 Å². The maximum atomic E-state index is 11.0. The predicted molar refractivity (Wildman–Crippen MR) is 112 cm³/mol. The van der Waals surface area contributed by atoms with Crippen molar-refractivity contribution in [2.75, 3.05) is 0 Å². The van der Waals surface area contributed by atoms with E-state index in [1.807, 2.05) is 25.1 Å². The van der Waals surface area contributed by atoms with Gasteiger partial charge in [-0.05, 0) is 55.0 Å². The van der Waals surface area contributed by atoms with E-state index in [9.17, 15) is 10.1 Å². The van der Waals surface area contributed by atoms with Gasteiger partial charge in [0.15, 0.2) is 0 Å². The van der Waals surface area contributed by atoms with E-state index < -0.39 is 5.97 Å². The number of nitriles is 1. The zero-order chi connectivity index (χ0) is 21.1. The molecule has 1 N–H and O–H groups in total. The van der Waals surface area contributed by atoms with Crippen LogP contribution in [0.4, 0.5) is 0 Å². The van der Waals surface area contributed by atoms with Crippen molar-refractivity contribution in [3.63, 3.8) is 0 Å². The minimum atomic E-state index is -0.988. The molecule has 0 aliphatic heterocycles. The Balaban J connectivity index is 1.72. The topological polar surface area (TPSA) is 96.3 Å². The second-order valence-electron chi connectivity index (χ2n) is 6.53. The number of rotatable bonds is 6. The lowest BCUT2D eigenvalue weighted by Gasteiger charge is -2.12. The fourth-order valence-electron chi connectivity index (χ4n) is 2.95. The van der Waals surface area contributed by atoms with Crippen molar-refractivity contribution in [1.29, 1.82) is 5.26 Å². The van der Waals surface area contributed by atoms with Gasteiger partial charge in [-0.1, -0.05) is 12.1 Å². The molecule has 0 fully saturated rings. The predicted octanol–water partition coefficient (Wildman–Crippen LogP) is 5.53. The lowest BCUT2D eigenvalue weighted by atomic mass is 10.1. The van der Waals surface area contributed by atoms with Crippen LogP contribution < -0.4 is 4.74 Å². The number of carboxylic acid groups (broad SMARTS) is 1. The molecule has 30 heavy (non-hydrogen) atoms. The number of pyridine rings is 1. The average molecular weight is 416 g/mol. The normalized spacial score (nSPS) is 10.5. The second kappa shape index (κ2) is 8.23. The maximum absolute atomic E-state index is 11.0. The minimum absolute atomic E-state index is 0.145. The molecule has 0 radical (unpaired) electrons. The van der Waals surface area contributed by atoms with Crippen molar-refractivity contribution in [2.45, 2.75) is 13.5 Å². The van der Waals surface area contributed by atoms with Crippen LogP contribution in [0.5, 0.6) is 5.88 Å². The van der Waals surface area contributed by atoms with Crippen LogP contribution in [-0.2, 0) is 6.61 Å². The molecule has 0 saturated carbocycles. The summed E-state index contributed by atoms with van der Waals surface area (Å²) in [7, 11) is 0. The van der Waals surface area contributed by atoms with Gasteiger partial charge in [0.1, 0.15) is 24.0 Å². The molecular formula is C23H16N2O4S. The number of benzene rings is 1. The van der Waals surface area contributed by atoms with Gasteiger partial charge in [0, 0.05) is 10.4 Å². The summed E-state index contributed by atoms with van der Waals surface area (Å²) in [6, 6.07) is 17.9. The van der Waals surface area contributed by atoms with E-state index in [1.54, 1.807) is 41.9 Å². The summed E-state index contributed by atoms with van der Waals surface area (Å²) in [5.41, 5.74) is 2.54. The summed E-state index contributed by atoms with van der Waals surface area (Å²) >= 11 is 1.60. The summed E-state index contributed by atoms with van der Waals surface area (Å²) in [5, 5.41) is 18.8. The molecule has 3 heterocycles. The Morgan fingerprint density at radius 3 is 2.63 bits per heavy atom. The molecule has 3 aromatic heterocycles. The monoisotopic (exact) mass is 416 g/mol. The summed E-state index contributed by atoms with van der Waals surface area (Å²) < 4.78 is 11.4. The van der Waals surface area contributed by atoms with Crippen molar-refractivity contribution in [3.8, 4) is 33.8 Å². The Hall–Kier alpha value is -3.89. The summed E-state index contributed by atoms with van der Waals surface area (Å²) in [4.78, 5) is 17.7. The molecule has 4 rings (SSSR count). The van der Waals surface area contributed by atoms with Gasteiger partial charge >= 0.3 is 5.97 Å². The zero-order valence-electron chi connectivity index (χ0n) is 16.0. The number of aryl methyl sites for hydroxylation is 1. The molecule has 0 bridgehead atoms. The number of thiophene rings is 1. The van der Waals surface area contributed by atoms with E-state index in [4.69, 9.17) is 14.3 Å². The molecule has 7 heteroatoms. The van der Waals surface area contributed by atoms with Gasteiger partial charge in [-0.3, -0.25) is 0 Å². The second-order valence-corrected chi connectivity index (χ2v) is 7.81. The van der Waals surface area contributed by atoms with Gasteiger partial charge in [0.25, 0.3) is 0 Å². The van der Waals surface area contributed by atoms with Crippen molar-refractivity contribution in [1.82, 2.24) is 4.98 Å². The molecule has 0 amide bonds. The van der Waals surface area contributed by atoms with Gasteiger partial charge < -0.3 is 14.3 Å². The van der Waals surface area contributed by atoms with Crippen LogP contribution in [0.2, 0.25) is 0 Å². The minimum Gasteiger partial charge on any atom is -0.478 e. The van der Waals surface area contributed by atoms with Gasteiger partial charge in [-0.25, -0.2) is 9.78 Å². The van der Waals surface area contributed by atoms with Crippen molar-refractivity contribution >= 4 is 17.3 Å². The Bertz CT molecular complexity index is 1240. The highest BCUT2D eigenvalue weighted by Gasteiger charge is 2.19. The first-order chi connectivity index (χ1) is 14.5. The molecule has 6 nitrogen and oxygen atoms in total. The van der Waals surface area contributed by atoms with Crippen LogP contribution in [0, 0.1) is 18.3 Å². The maximum Gasteiger partial charge on any atom is 0.335 e. The van der Waals surface area contributed by atoms with E-state index in [1.165, 1.54) is 12.1 Å². The molecule has 148 valence electrons.